The number of aromatic nitrogens is 4. The molecule has 6 heterocycles. The first-order valence-electron chi connectivity index (χ1n) is 18.4. The molecule has 2 amide bonds. The molecule has 1 aromatic carbocycles. The summed E-state index contributed by atoms with van der Waals surface area (Å²) in [6.07, 6.45) is 11.1. The zero-order valence-electron chi connectivity index (χ0n) is 29.9. The van der Waals surface area contributed by atoms with E-state index in [-0.39, 0.29) is 29.6 Å². The summed E-state index contributed by atoms with van der Waals surface area (Å²) in [7, 11) is 0. The number of nitrogens with one attached hydrogen (secondary N) is 1. The summed E-state index contributed by atoms with van der Waals surface area (Å²) in [5.74, 6) is -0.197. The van der Waals surface area contributed by atoms with Gasteiger partial charge < -0.3 is 29.7 Å². The van der Waals surface area contributed by atoms with E-state index < -0.39 is 16.8 Å². The quantitative estimate of drug-likeness (QED) is 0.244. The number of carbonyl (C=O) groups is 2. The van der Waals surface area contributed by atoms with Crippen LogP contribution in [0.2, 0.25) is 0 Å². The highest BCUT2D eigenvalue weighted by Crippen LogP contribution is 2.52. The van der Waals surface area contributed by atoms with Crippen molar-refractivity contribution in [3.8, 4) is 11.3 Å². The lowest BCUT2D eigenvalue weighted by Gasteiger charge is -2.48. The Bertz CT molecular complexity index is 1980. The van der Waals surface area contributed by atoms with Crippen LogP contribution < -0.4 is 10.2 Å². The predicted molar refractivity (Wildman–Crippen MR) is 194 cm³/mol. The van der Waals surface area contributed by atoms with Crippen molar-refractivity contribution in [3.05, 3.63) is 60.4 Å². The number of hydrogen-bond donors (Lipinski definition) is 2. The zero-order chi connectivity index (χ0) is 35.7. The van der Waals surface area contributed by atoms with Crippen LogP contribution in [0, 0.1) is 5.82 Å². The predicted octanol–water partition coefficient (Wildman–Crippen LogP) is 5.95. The van der Waals surface area contributed by atoms with Crippen LogP contribution in [0.5, 0.6) is 0 Å². The number of rotatable bonds is 7. The summed E-state index contributed by atoms with van der Waals surface area (Å²) < 4.78 is 16.8. The number of anilines is 3. The Morgan fingerprint density at radius 1 is 1.04 bits per heavy atom. The second-order valence-corrected chi connectivity index (χ2v) is 15.7. The Kier molecular flexibility index (Phi) is 8.37. The molecule has 0 radical (unpaired) electrons. The third kappa shape index (κ3) is 5.76. The van der Waals surface area contributed by atoms with Crippen molar-refractivity contribution in [1.29, 1.82) is 0 Å². The third-order valence-corrected chi connectivity index (χ3v) is 11.6. The largest absolute Gasteiger partial charge is 0.381 e. The average molecular weight is 695 g/mol. The van der Waals surface area contributed by atoms with Gasteiger partial charge in [-0.15, -0.1) is 0 Å². The summed E-state index contributed by atoms with van der Waals surface area (Å²) in [6.45, 7) is 10.2. The lowest BCUT2D eigenvalue weighted by atomic mass is 9.73. The van der Waals surface area contributed by atoms with Crippen LogP contribution >= 0.6 is 0 Å². The van der Waals surface area contributed by atoms with Crippen LogP contribution in [0.3, 0.4) is 0 Å². The molecule has 4 aromatic rings. The number of amides is 2. The van der Waals surface area contributed by atoms with Gasteiger partial charge in [0.2, 0.25) is 5.91 Å². The molecular weight excluding hydrogens is 647 g/mol. The number of likely N-dealkylation sites (tertiary alicyclic amines) is 2. The molecule has 1 spiro atoms. The molecule has 0 bridgehead atoms. The molecule has 11 nitrogen and oxygen atoms in total. The van der Waals surface area contributed by atoms with Crippen LogP contribution in [-0.4, -0.2) is 90.1 Å². The summed E-state index contributed by atoms with van der Waals surface area (Å²) in [4.78, 5) is 47.8. The molecular formula is C39H47FN8O3. The van der Waals surface area contributed by atoms with E-state index in [0.29, 0.717) is 43.5 Å². The zero-order valence-corrected chi connectivity index (χ0v) is 29.9. The number of benzene rings is 1. The second-order valence-electron chi connectivity index (χ2n) is 15.7. The molecule has 0 unspecified atom stereocenters. The van der Waals surface area contributed by atoms with Gasteiger partial charge in [0.15, 0.2) is 11.6 Å². The van der Waals surface area contributed by atoms with Crippen LogP contribution in [0.25, 0.3) is 22.3 Å². The minimum absolute atomic E-state index is 0.0953. The Morgan fingerprint density at radius 3 is 2.47 bits per heavy atom. The van der Waals surface area contributed by atoms with Crippen LogP contribution in [0.4, 0.5) is 21.6 Å². The number of halogens is 1. The maximum absolute atomic E-state index is 14.8. The van der Waals surface area contributed by atoms with E-state index in [4.69, 9.17) is 9.97 Å². The van der Waals surface area contributed by atoms with Gasteiger partial charge in [-0.3, -0.25) is 14.6 Å². The molecule has 3 aromatic heterocycles. The molecule has 1 saturated carbocycles. The van der Waals surface area contributed by atoms with Crippen molar-refractivity contribution in [1.82, 2.24) is 29.3 Å². The molecule has 2 saturated heterocycles. The van der Waals surface area contributed by atoms with Gasteiger partial charge >= 0.3 is 0 Å². The maximum atomic E-state index is 14.8. The molecule has 3 fully saturated rings. The first kappa shape index (κ1) is 33.7. The number of hydrogen-bond acceptors (Lipinski definition) is 8. The Labute approximate surface area is 297 Å². The summed E-state index contributed by atoms with van der Waals surface area (Å²) in [5, 5.41) is 13.6. The van der Waals surface area contributed by atoms with Crippen molar-refractivity contribution in [3.63, 3.8) is 0 Å². The number of imidazole rings is 1. The molecule has 12 heteroatoms. The van der Waals surface area contributed by atoms with E-state index in [1.807, 2.05) is 16.7 Å². The lowest BCUT2D eigenvalue weighted by Crippen LogP contribution is -2.59. The van der Waals surface area contributed by atoms with E-state index >= 15 is 0 Å². The van der Waals surface area contributed by atoms with Crippen molar-refractivity contribution in [2.45, 2.75) is 102 Å². The minimum Gasteiger partial charge on any atom is -0.381 e. The first-order valence-corrected chi connectivity index (χ1v) is 18.4. The fourth-order valence-electron chi connectivity index (χ4n) is 8.72. The van der Waals surface area contributed by atoms with Crippen molar-refractivity contribution >= 4 is 40.0 Å². The van der Waals surface area contributed by atoms with E-state index in [2.05, 4.69) is 46.1 Å². The normalized spacial score (nSPS) is 22.1. The molecule has 4 aliphatic rings. The topological polar surface area (TPSA) is 120 Å². The van der Waals surface area contributed by atoms with Gasteiger partial charge in [-0.1, -0.05) is 18.6 Å². The highest BCUT2D eigenvalue weighted by molar-refractivity contribution is 6.09. The minimum atomic E-state index is -1.46. The standard InChI is InChI=1S/C39H47FN8O3/c1-24(2)47-23-42-32-21-31(44-35(34(32)47)43-30-10-13-41-22-29(30)40)25-8-9-28-33(18-25)48(27-19-26(20-27)45-14-6-5-7-15-45)37(50)39(28)11-16-46(17-12-39)36(49)38(3,4)51/h8-10,13,18,21-24,26-27,51H,5-7,11-12,14-17,19-20H2,1-4H3,(H,41,43,44). The number of piperidine rings is 2. The van der Waals surface area contributed by atoms with Gasteiger partial charge in [0.1, 0.15) is 11.1 Å². The summed E-state index contributed by atoms with van der Waals surface area (Å²) >= 11 is 0. The highest BCUT2D eigenvalue weighted by Gasteiger charge is 2.56. The Morgan fingerprint density at radius 2 is 1.78 bits per heavy atom. The van der Waals surface area contributed by atoms with Crippen LogP contribution in [-0.2, 0) is 15.0 Å². The van der Waals surface area contributed by atoms with Gasteiger partial charge in [-0.25, -0.2) is 14.4 Å². The maximum Gasteiger partial charge on any atom is 0.253 e. The smallest absolute Gasteiger partial charge is 0.253 e. The van der Waals surface area contributed by atoms with Crippen molar-refractivity contribution < 1.29 is 19.1 Å². The SMILES string of the molecule is CC(C)n1cnc2cc(-c3ccc4c(c3)N(C3CC(N5CCCCC5)C3)C(=O)C43CCN(C(=O)C(C)(C)O)CC3)nc(Nc3ccncc3F)c21. The second kappa shape index (κ2) is 12.7. The number of nitrogens with zero attached hydrogens (tertiary/aromatic N) is 7. The number of carbonyl (C=O) groups excluding carboxylic acids is 2. The molecule has 2 N–H and O–H groups in total. The van der Waals surface area contributed by atoms with Crippen molar-refractivity contribution in [2.75, 3.05) is 36.4 Å². The van der Waals surface area contributed by atoms with E-state index in [1.165, 1.54) is 45.5 Å². The molecule has 3 aliphatic heterocycles. The van der Waals surface area contributed by atoms with Gasteiger partial charge in [-0.05, 0) is 103 Å². The lowest BCUT2D eigenvalue weighted by molar-refractivity contribution is -0.150. The van der Waals surface area contributed by atoms with Gasteiger partial charge in [0.05, 0.1) is 34.8 Å². The van der Waals surface area contributed by atoms with Crippen LogP contribution in [0.15, 0.2) is 49.1 Å². The third-order valence-electron chi connectivity index (χ3n) is 11.6. The van der Waals surface area contributed by atoms with Crippen molar-refractivity contribution in [2.24, 2.45) is 0 Å². The van der Waals surface area contributed by atoms with Gasteiger partial charge in [-0.2, -0.15) is 0 Å². The van der Waals surface area contributed by atoms with E-state index in [1.54, 1.807) is 17.3 Å². The van der Waals surface area contributed by atoms with E-state index in [0.717, 1.165) is 53.8 Å². The average Bonchev–Trinajstić information content (AvgIpc) is 3.63. The molecule has 268 valence electrons. The Balaban J connectivity index is 1.18. The fraction of sp³-hybridized carbons (Fsp3) is 0.513. The monoisotopic (exact) mass is 694 g/mol. The van der Waals surface area contributed by atoms with Gasteiger partial charge in [0, 0.05) is 48.7 Å². The summed E-state index contributed by atoms with van der Waals surface area (Å²) in [6, 6.07) is 10.4. The molecule has 1 aliphatic carbocycles. The van der Waals surface area contributed by atoms with E-state index in [9.17, 15) is 19.1 Å². The first-order chi connectivity index (χ1) is 24.4. The Hall–Kier alpha value is -4.42. The highest BCUT2D eigenvalue weighted by atomic mass is 19.1. The summed E-state index contributed by atoms with van der Waals surface area (Å²) in [5.41, 5.74) is 2.97. The fourth-order valence-corrected chi connectivity index (χ4v) is 8.72. The number of pyridine rings is 2. The number of fused-ring (bicyclic) bond motifs is 3. The number of aliphatic hydroxyl groups is 1. The molecule has 51 heavy (non-hydrogen) atoms. The molecule has 0 atom stereocenters. The van der Waals surface area contributed by atoms with Gasteiger partial charge in [0.25, 0.3) is 5.91 Å². The molecule has 8 rings (SSSR count). The van der Waals surface area contributed by atoms with Crippen LogP contribution in [0.1, 0.15) is 84.2 Å².